The van der Waals surface area contributed by atoms with E-state index in [0.29, 0.717) is 12.5 Å². The minimum Gasteiger partial charge on any atom is -0.379 e. The molecule has 136 valence electrons. The van der Waals surface area contributed by atoms with Gasteiger partial charge in [-0.25, -0.2) is 0 Å². The predicted octanol–water partition coefficient (Wildman–Crippen LogP) is 1.93. The number of piperidine rings is 1. The second kappa shape index (κ2) is 7.98. The van der Waals surface area contributed by atoms with Gasteiger partial charge >= 0.3 is 0 Å². The van der Waals surface area contributed by atoms with Crippen molar-refractivity contribution in [2.45, 2.75) is 38.2 Å². The highest BCUT2D eigenvalue weighted by Crippen LogP contribution is 2.41. The number of hydrogen-bond acceptors (Lipinski definition) is 4. The highest BCUT2D eigenvalue weighted by Gasteiger charge is 2.47. The minimum absolute atomic E-state index is 0.00942. The lowest BCUT2D eigenvalue weighted by Crippen LogP contribution is -2.58. The van der Waals surface area contributed by atoms with Gasteiger partial charge in [0, 0.05) is 37.6 Å². The zero-order valence-electron chi connectivity index (χ0n) is 15.2. The summed E-state index contributed by atoms with van der Waals surface area (Å²) in [7, 11) is 4.12. The molecule has 2 saturated heterocycles. The molecule has 0 bridgehead atoms. The van der Waals surface area contributed by atoms with Crippen LogP contribution in [0.1, 0.15) is 32.1 Å². The van der Waals surface area contributed by atoms with Gasteiger partial charge in [0.05, 0.1) is 19.3 Å². The average Bonchev–Trinajstić information content (AvgIpc) is 3.12. The van der Waals surface area contributed by atoms with Gasteiger partial charge in [-0.15, -0.1) is 0 Å². The number of rotatable bonds is 6. The Kier molecular flexibility index (Phi) is 5.95. The third-order valence-electron chi connectivity index (χ3n) is 5.73. The number of carbonyl (C=O) groups excluding carboxylic acids is 1. The van der Waals surface area contributed by atoms with Gasteiger partial charge in [0.2, 0.25) is 5.91 Å². The molecule has 0 saturated carbocycles. The number of likely N-dealkylation sites (N-methyl/N-ethyl adjacent to an activating group) is 1. The van der Waals surface area contributed by atoms with Crippen molar-refractivity contribution < 1.29 is 14.3 Å². The molecular formula is C19H32N2O3. The molecular weight excluding hydrogens is 304 g/mol. The van der Waals surface area contributed by atoms with E-state index >= 15 is 0 Å². The molecule has 5 nitrogen and oxygen atoms in total. The van der Waals surface area contributed by atoms with E-state index in [1.165, 1.54) is 0 Å². The second-order valence-electron chi connectivity index (χ2n) is 7.87. The molecule has 3 aliphatic rings. The molecule has 0 N–H and O–H groups in total. The number of hydrogen-bond donors (Lipinski definition) is 0. The fourth-order valence-corrected chi connectivity index (χ4v) is 4.29. The molecule has 2 unspecified atom stereocenters. The van der Waals surface area contributed by atoms with Gasteiger partial charge in [-0.05, 0) is 46.2 Å². The average molecular weight is 336 g/mol. The van der Waals surface area contributed by atoms with Crippen LogP contribution in [-0.2, 0) is 14.3 Å². The van der Waals surface area contributed by atoms with Crippen LogP contribution in [0.3, 0.4) is 0 Å². The number of allylic oxidation sites excluding steroid dienone is 2. The fourth-order valence-electron chi connectivity index (χ4n) is 4.29. The second-order valence-corrected chi connectivity index (χ2v) is 7.87. The van der Waals surface area contributed by atoms with Gasteiger partial charge in [0.25, 0.3) is 0 Å². The number of likely N-dealkylation sites (tertiary alicyclic amines) is 1. The van der Waals surface area contributed by atoms with Crippen molar-refractivity contribution in [1.29, 1.82) is 0 Å². The molecule has 0 spiro atoms. The summed E-state index contributed by atoms with van der Waals surface area (Å²) in [5.74, 6) is 0.495. The molecule has 2 aliphatic heterocycles. The van der Waals surface area contributed by atoms with Crippen molar-refractivity contribution in [2.75, 3.05) is 53.6 Å². The largest absolute Gasteiger partial charge is 0.379 e. The van der Waals surface area contributed by atoms with E-state index < -0.39 is 0 Å². The van der Waals surface area contributed by atoms with Gasteiger partial charge in [-0.2, -0.15) is 0 Å². The van der Waals surface area contributed by atoms with E-state index in [4.69, 9.17) is 9.47 Å². The summed E-state index contributed by atoms with van der Waals surface area (Å²) in [5, 5.41) is 0. The van der Waals surface area contributed by atoms with E-state index in [9.17, 15) is 4.79 Å². The molecule has 0 aromatic carbocycles. The van der Waals surface area contributed by atoms with Crippen LogP contribution in [0.5, 0.6) is 0 Å². The first-order chi connectivity index (χ1) is 11.6. The molecule has 0 aromatic rings. The van der Waals surface area contributed by atoms with Gasteiger partial charge in [0.1, 0.15) is 0 Å². The van der Waals surface area contributed by atoms with E-state index in [1.54, 1.807) is 0 Å². The standard InChI is InChI=1S/C19H32N2O3/c1-20(2)11-13-23-15-19-9-5-12-24-17(19)8-10-21(14-19)18(22)16-6-3-4-7-16/h3-4,16-17H,5-15H2,1-2H3. The molecule has 1 amide bonds. The first-order valence-corrected chi connectivity index (χ1v) is 9.39. The molecule has 0 aromatic heterocycles. The maximum Gasteiger partial charge on any atom is 0.226 e. The van der Waals surface area contributed by atoms with Crippen molar-refractivity contribution in [3.8, 4) is 0 Å². The zero-order valence-corrected chi connectivity index (χ0v) is 15.2. The first kappa shape index (κ1) is 17.9. The third-order valence-corrected chi connectivity index (χ3v) is 5.73. The van der Waals surface area contributed by atoms with Gasteiger partial charge in [-0.3, -0.25) is 4.79 Å². The smallest absolute Gasteiger partial charge is 0.226 e. The van der Waals surface area contributed by atoms with Crippen LogP contribution in [0.4, 0.5) is 0 Å². The van der Waals surface area contributed by atoms with E-state index in [-0.39, 0.29) is 17.4 Å². The van der Waals surface area contributed by atoms with Crippen LogP contribution in [0, 0.1) is 11.3 Å². The molecule has 2 fully saturated rings. The third kappa shape index (κ3) is 4.01. The summed E-state index contributed by atoms with van der Waals surface area (Å²) in [6.45, 7) is 4.86. The first-order valence-electron chi connectivity index (χ1n) is 9.39. The normalized spacial score (nSPS) is 30.8. The van der Waals surface area contributed by atoms with Crippen LogP contribution in [0.25, 0.3) is 0 Å². The Morgan fingerprint density at radius 3 is 2.92 bits per heavy atom. The Hall–Kier alpha value is -0.910. The molecule has 2 atom stereocenters. The molecule has 0 radical (unpaired) electrons. The van der Waals surface area contributed by atoms with Crippen molar-refractivity contribution >= 4 is 5.91 Å². The van der Waals surface area contributed by atoms with Crippen LogP contribution >= 0.6 is 0 Å². The Labute approximate surface area is 146 Å². The molecule has 3 rings (SSSR count). The molecule has 5 heteroatoms. The zero-order chi connectivity index (χ0) is 17.0. The summed E-state index contributed by atoms with van der Waals surface area (Å²) in [6.07, 6.45) is 9.45. The van der Waals surface area contributed by atoms with Crippen LogP contribution in [0.2, 0.25) is 0 Å². The minimum atomic E-state index is -0.00942. The molecule has 24 heavy (non-hydrogen) atoms. The number of carbonyl (C=O) groups is 1. The summed E-state index contributed by atoms with van der Waals surface area (Å²) < 4.78 is 12.1. The Morgan fingerprint density at radius 1 is 1.38 bits per heavy atom. The topological polar surface area (TPSA) is 42.0 Å². The van der Waals surface area contributed by atoms with Crippen LogP contribution < -0.4 is 0 Å². The van der Waals surface area contributed by atoms with Crippen molar-refractivity contribution in [3.63, 3.8) is 0 Å². The number of fused-ring (bicyclic) bond motifs is 1. The Bertz CT molecular complexity index is 458. The predicted molar refractivity (Wildman–Crippen MR) is 93.8 cm³/mol. The van der Waals surface area contributed by atoms with Gasteiger partial charge in [0.15, 0.2) is 0 Å². The SMILES string of the molecule is CN(C)CCOCC12CCCOC1CCN(C(=O)C1CC=CC1)C2. The van der Waals surface area contributed by atoms with E-state index in [2.05, 4.69) is 36.0 Å². The number of ether oxygens (including phenoxy) is 2. The lowest BCUT2D eigenvalue weighted by Gasteiger charge is -2.50. The van der Waals surface area contributed by atoms with E-state index in [1.807, 2.05) is 0 Å². The lowest BCUT2D eigenvalue weighted by molar-refractivity contribution is -0.167. The Morgan fingerprint density at radius 2 is 2.17 bits per heavy atom. The lowest BCUT2D eigenvalue weighted by atomic mass is 9.72. The Balaban J connectivity index is 1.61. The van der Waals surface area contributed by atoms with Gasteiger partial charge in [-0.1, -0.05) is 12.2 Å². The maximum atomic E-state index is 12.8. The quantitative estimate of drug-likeness (QED) is 0.549. The summed E-state index contributed by atoms with van der Waals surface area (Å²) >= 11 is 0. The van der Waals surface area contributed by atoms with Crippen molar-refractivity contribution in [2.24, 2.45) is 11.3 Å². The van der Waals surface area contributed by atoms with Crippen molar-refractivity contribution in [3.05, 3.63) is 12.2 Å². The summed E-state index contributed by atoms with van der Waals surface area (Å²) in [5.41, 5.74) is -0.00942. The summed E-state index contributed by atoms with van der Waals surface area (Å²) in [6, 6.07) is 0. The number of nitrogens with zero attached hydrogens (tertiary/aromatic N) is 2. The van der Waals surface area contributed by atoms with Crippen LogP contribution in [-0.4, -0.2) is 75.4 Å². The highest BCUT2D eigenvalue weighted by atomic mass is 16.5. The maximum absolute atomic E-state index is 12.8. The summed E-state index contributed by atoms with van der Waals surface area (Å²) in [4.78, 5) is 17.1. The van der Waals surface area contributed by atoms with Crippen LogP contribution in [0.15, 0.2) is 12.2 Å². The van der Waals surface area contributed by atoms with Gasteiger partial charge < -0.3 is 19.3 Å². The molecule has 1 aliphatic carbocycles. The van der Waals surface area contributed by atoms with E-state index in [0.717, 1.165) is 65.0 Å². The monoisotopic (exact) mass is 336 g/mol. The highest BCUT2D eigenvalue weighted by molar-refractivity contribution is 5.79. The molecule has 2 heterocycles. The van der Waals surface area contributed by atoms with Crippen molar-refractivity contribution in [1.82, 2.24) is 9.80 Å². The fraction of sp³-hybridized carbons (Fsp3) is 0.842. The number of amides is 1.